The lowest BCUT2D eigenvalue weighted by Gasteiger charge is -2.31. The van der Waals surface area contributed by atoms with Crippen molar-refractivity contribution in [2.24, 2.45) is 0 Å². The van der Waals surface area contributed by atoms with E-state index in [0.717, 1.165) is 53.2 Å². The van der Waals surface area contributed by atoms with Crippen LogP contribution in [0.15, 0.2) is 36.4 Å². The van der Waals surface area contributed by atoms with Gasteiger partial charge in [0.2, 0.25) is 0 Å². The largest absolute Gasteiger partial charge is 0.308 e. The molecule has 3 nitrogen and oxygen atoms in total. The van der Waals surface area contributed by atoms with Crippen molar-refractivity contribution in [3.8, 4) is 0 Å². The highest BCUT2D eigenvalue weighted by Crippen LogP contribution is 2.22. The van der Waals surface area contributed by atoms with Crippen LogP contribution in [0.4, 0.5) is 0 Å². The number of benzene rings is 2. The highest BCUT2D eigenvalue weighted by atomic mass is 35.5. The van der Waals surface area contributed by atoms with Gasteiger partial charge in [0.05, 0.1) is 0 Å². The molecule has 3 rings (SSSR count). The molecule has 0 bridgehead atoms. The third-order valence-electron chi connectivity index (χ3n) is 4.36. The van der Waals surface area contributed by atoms with Gasteiger partial charge in [-0.1, -0.05) is 40.9 Å². The lowest BCUT2D eigenvalue weighted by molar-refractivity contribution is 0.112. The van der Waals surface area contributed by atoms with E-state index in [1.807, 2.05) is 39.0 Å². The summed E-state index contributed by atoms with van der Waals surface area (Å²) in [6, 6.07) is 12.6. The second-order valence-electron chi connectivity index (χ2n) is 6.82. The van der Waals surface area contributed by atoms with E-state index in [2.05, 4.69) is 35.5 Å². The zero-order chi connectivity index (χ0) is 18.4. The minimum atomic E-state index is 0.418. The van der Waals surface area contributed by atoms with Crippen LogP contribution in [0, 0.1) is 20.8 Å². The first-order valence-corrected chi connectivity index (χ1v) is 8.98. The summed E-state index contributed by atoms with van der Waals surface area (Å²) >= 11 is 6.13. The van der Waals surface area contributed by atoms with Crippen molar-refractivity contribution in [3.63, 3.8) is 0 Å². The molecule has 1 saturated heterocycles. The van der Waals surface area contributed by atoms with Gasteiger partial charge in [0.1, 0.15) is 6.29 Å². The number of halogens is 1. The maximum absolute atomic E-state index is 10.3. The molecular weight excluding hydrogens is 332 g/mol. The molecule has 1 atom stereocenters. The van der Waals surface area contributed by atoms with Gasteiger partial charge >= 0.3 is 0 Å². The molecule has 0 spiro atoms. The molecule has 0 saturated carbocycles. The smallest absolute Gasteiger partial charge is 0.150 e. The van der Waals surface area contributed by atoms with Gasteiger partial charge in [-0.05, 0) is 57.1 Å². The number of carbonyl (C=O) groups is 1. The molecule has 0 amide bonds. The van der Waals surface area contributed by atoms with Gasteiger partial charge in [-0.3, -0.25) is 4.79 Å². The van der Waals surface area contributed by atoms with Crippen LogP contribution in [-0.4, -0.2) is 37.9 Å². The van der Waals surface area contributed by atoms with Crippen LogP contribution in [0.2, 0.25) is 5.02 Å². The number of piperazine rings is 1. The van der Waals surface area contributed by atoms with Crippen molar-refractivity contribution in [3.05, 3.63) is 69.2 Å². The zero-order valence-electron chi connectivity index (χ0n) is 15.5. The summed E-state index contributed by atoms with van der Waals surface area (Å²) in [6.45, 7) is 9.23. The molecule has 0 aliphatic carbocycles. The number of nitrogens with one attached hydrogen (secondary N) is 1. The van der Waals surface area contributed by atoms with Gasteiger partial charge in [-0.15, -0.1) is 0 Å². The molecule has 1 aliphatic heterocycles. The highest BCUT2D eigenvalue weighted by Gasteiger charge is 2.18. The van der Waals surface area contributed by atoms with Crippen molar-refractivity contribution < 1.29 is 4.79 Å². The second-order valence-corrected chi connectivity index (χ2v) is 7.22. The Bertz CT molecular complexity index is 710. The van der Waals surface area contributed by atoms with Gasteiger partial charge in [-0.2, -0.15) is 0 Å². The quantitative estimate of drug-likeness (QED) is 0.810. The van der Waals surface area contributed by atoms with Crippen molar-refractivity contribution in [2.45, 2.75) is 26.8 Å². The topological polar surface area (TPSA) is 32.3 Å². The van der Waals surface area contributed by atoms with Gasteiger partial charge in [0.15, 0.2) is 0 Å². The average molecular weight is 359 g/mol. The number of nitrogens with zero attached hydrogens (tertiary/aromatic N) is 1. The van der Waals surface area contributed by atoms with Crippen molar-refractivity contribution >= 4 is 17.9 Å². The number of aryl methyl sites for hydroxylation is 3. The molecule has 0 unspecified atom stereocenters. The first-order chi connectivity index (χ1) is 11.9. The molecule has 4 heteroatoms. The molecule has 2 aromatic rings. The number of rotatable bonds is 2. The third-order valence-corrected chi connectivity index (χ3v) is 4.76. The SMILES string of the molecule is Cc1cc(C)cc(C=O)c1.Cc1ccc([C@@H]2CN(C)CCN2)cc1Cl. The highest BCUT2D eigenvalue weighted by molar-refractivity contribution is 6.31. The van der Waals surface area contributed by atoms with Gasteiger partial charge < -0.3 is 10.2 Å². The number of hydrogen-bond acceptors (Lipinski definition) is 3. The van der Waals surface area contributed by atoms with Crippen LogP contribution in [-0.2, 0) is 0 Å². The lowest BCUT2D eigenvalue weighted by Crippen LogP contribution is -2.43. The Morgan fingerprint density at radius 3 is 2.36 bits per heavy atom. The predicted molar refractivity (Wildman–Crippen MR) is 106 cm³/mol. The monoisotopic (exact) mass is 358 g/mol. The van der Waals surface area contributed by atoms with E-state index in [1.165, 1.54) is 5.56 Å². The fraction of sp³-hybridized carbons (Fsp3) is 0.381. The Kier molecular flexibility index (Phi) is 7.18. The van der Waals surface area contributed by atoms with E-state index in [-0.39, 0.29) is 0 Å². The molecule has 1 heterocycles. The van der Waals surface area contributed by atoms with Gasteiger partial charge in [-0.25, -0.2) is 0 Å². The van der Waals surface area contributed by atoms with Crippen molar-refractivity contribution in [1.29, 1.82) is 0 Å². The maximum atomic E-state index is 10.3. The van der Waals surface area contributed by atoms with E-state index in [9.17, 15) is 4.79 Å². The summed E-state index contributed by atoms with van der Waals surface area (Å²) in [4.78, 5) is 12.7. The summed E-state index contributed by atoms with van der Waals surface area (Å²) in [5.74, 6) is 0. The Morgan fingerprint density at radius 2 is 1.80 bits per heavy atom. The predicted octanol–water partition coefficient (Wildman–Crippen LogP) is 4.34. The third kappa shape index (κ3) is 5.96. The zero-order valence-corrected chi connectivity index (χ0v) is 16.2. The normalized spacial score (nSPS) is 17.6. The van der Waals surface area contributed by atoms with Crippen LogP contribution in [0.3, 0.4) is 0 Å². The van der Waals surface area contributed by atoms with E-state index in [1.54, 1.807) is 0 Å². The summed E-state index contributed by atoms with van der Waals surface area (Å²) in [5, 5.41) is 4.38. The Hall–Kier alpha value is -1.68. The van der Waals surface area contributed by atoms with Crippen LogP contribution >= 0.6 is 11.6 Å². The number of aldehydes is 1. The van der Waals surface area contributed by atoms with Crippen LogP contribution in [0.5, 0.6) is 0 Å². The van der Waals surface area contributed by atoms with Crippen LogP contribution in [0.25, 0.3) is 0 Å². The van der Waals surface area contributed by atoms with E-state index < -0.39 is 0 Å². The summed E-state index contributed by atoms with van der Waals surface area (Å²) < 4.78 is 0. The molecule has 2 aromatic carbocycles. The second kappa shape index (κ2) is 9.14. The molecule has 0 radical (unpaired) electrons. The number of carbonyl (C=O) groups excluding carboxylic acids is 1. The Balaban J connectivity index is 0.000000196. The summed E-state index contributed by atoms with van der Waals surface area (Å²) in [6.07, 6.45) is 0.875. The van der Waals surface area contributed by atoms with Gasteiger partial charge in [0, 0.05) is 36.3 Å². The minimum Gasteiger partial charge on any atom is -0.308 e. The molecule has 1 fully saturated rings. The first kappa shape index (κ1) is 19.6. The summed E-state index contributed by atoms with van der Waals surface area (Å²) in [5.41, 5.74) is 5.48. The molecular formula is C21H27ClN2O. The summed E-state index contributed by atoms with van der Waals surface area (Å²) in [7, 11) is 2.16. The first-order valence-electron chi connectivity index (χ1n) is 8.60. The van der Waals surface area contributed by atoms with Crippen molar-refractivity contribution in [1.82, 2.24) is 10.2 Å². The van der Waals surface area contributed by atoms with E-state index in [4.69, 9.17) is 11.6 Å². The Labute approximate surface area is 156 Å². The molecule has 25 heavy (non-hydrogen) atoms. The van der Waals surface area contributed by atoms with Crippen LogP contribution < -0.4 is 5.32 Å². The average Bonchev–Trinajstić information content (AvgIpc) is 2.57. The number of hydrogen-bond donors (Lipinski definition) is 1. The van der Waals surface area contributed by atoms with Crippen molar-refractivity contribution in [2.75, 3.05) is 26.7 Å². The fourth-order valence-electron chi connectivity index (χ4n) is 3.02. The minimum absolute atomic E-state index is 0.418. The number of likely N-dealkylation sites (N-methyl/N-ethyl adjacent to an activating group) is 1. The lowest BCUT2D eigenvalue weighted by atomic mass is 10.0. The molecule has 134 valence electrons. The van der Waals surface area contributed by atoms with E-state index >= 15 is 0 Å². The maximum Gasteiger partial charge on any atom is 0.150 e. The van der Waals surface area contributed by atoms with E-state index in [0.29, 0.717) is 6.04 Å². The fourth-order valence-corrected chi connectivity index (χ4v) is 3.21. The molecule has 0 aromatic heterocycles. The molecule has 1 aliphatic rings. The molecule has 1 N–H and O–H groups in total. The Morgan fingerprint density at radius 1 is 1.12 bits per heavy atom. The van der Waals surface area contributed by atoms with Gasteiger partial charge in [0.25, 0.3) is 0 Å². The standard InChI is InChI=1S/C12H17ClN2.C9H10O/c1-9-3-4-10(7-11(9)13)12-8-15(2)6-5-14-12;1-7-3-8(2)5-9(4-7)6-10/h3-4,7,12,14H,5-6,8H2,1-2H3;3-6H,1-2H3/t12-;/m0./s1. The van der Waals surface area contributed by atoms with Crippen LogP contribution in [0.1, 0.15) is 38.7 Å².